The SMILES string of the molecule is CCOC(=O)c1[nH]c(C)c(C(=O)C(C)N(CC)C(=O)c2ccco2)c1C. The van der Waals surface area contributed by atoms with E-state index in [0.29, 0.717) is 23.4 Å². The summed E-state index contributed by atoms with van der Waals surface area (Å²) in [5.74, 6) is -0.914. The molecule has 0 bridgehead atoms. The molecule has 2 heterocycles. The van der Waals surface area contributed by atoms with Crippen molar-refractivity contribution < 1.29 is 23.5 Å². The average molecular weight is 360 g/mol. The molecule has 2 aromatic heterocycles. The molecule has 0 spiro atoms. The van der Waals surface area contributed by atoms with Crippen LogP contribution in [0.15, 0.2) is 22.8 Å². The molecule has 1 unspecified atom stereocenters. The van der Waals surface area contributed by atoms with Crippen molar-refractivity contribution in [3.8, 4) is 0 Å². The molecule has 0 fully saturated rings. The lowest BCUT2D eigenvalue weighted by atomic mass is 9.99. The van der Waals surface area contributed by atoms with Gasteiger partial charge in [-0.15, -0.1) is 0 Å². The van der Waals surface area contributed by atoms with E-state index in [1.165, 1.54) is 11.2 Å². The maximum absolute atomic E-state index is 13.1. The summed E-state index contributed by atoms with van der Waals surface area (Å²) in [5.41, 5.74) is 1.77. The van der Waals surface area contributed by atoms with Gasteiger partial charge in [0.05, 0.1) is 18.9 Å². The zero-order valence-electron chi connectivity index (χ0n) is 15.7. The van der Waals surface area contributed by atoms with E-state index >= 15 is 0 Å². The standard InChI is InChI=1S/C19H24N2O5/c1-6-21(18(23)14-9-8-10-26-14)13(5)17(22)15-11(3)16(20-12(15)4)19(24)25-7-2/h8-10,13,20H,6-7H2,1-5H3. The van der Waals surface area contributed by atoms with Gasteiger partial charge < -0.3 is 19.0 Å². The first kappa shape index (κ1) is 19.5. The molecule has 140 valence electrons. The Morgan fingerprint density at radius 3 is 2.50 bits per heavy atom. The topological polar surface area (TPSA) is 92.6 Å². The number of esters is 1. The number of amides is 1. The van der Waals surface area contributed by atoms with E-state index in [0.717, 1.165) is 0 Å². The van der Waals surface area contributed by atoms with E-state index in [2.05, 4.69) is 4.98 Å². The molecule has 2 aromatic rings. The predicted molar refractivity (Wildman–Crippen MR) is 95.4 cm³/mol. The van der Waals surface area contributed by atoms with Gasteiger partial charge in [0.2, 0.25) is 0 Å². The minimum atomic E-state index is -0.708. The molecule has 0 aliphatic heterocycles. The van der Waals surface area contributed by atoms with Crippen LogP contribution in [0.2, 0.25) is 0 Å². The van der Waals surface area contributed by atoms with Gasteiger partial charge >= 0.3 is 5.97 Å². The highest BCUT2D eigenvalue weighted by Gasteiger charge is 2.31. The van der Waals surface area contributed by atoms with Crippen molar-refractivity contribution in [3.63, 3.8) is 0 Å². The first-order valence-corrected chi connectivity index (χ1v) is 8.58. The highest BCUT2D eigenvalue weighted by molar-refractivity contribution is 6.07. The van der Waals surface area contributed by atoms with Crippen LogP contribution in [-0.4, -0.2) is 46.7 Å². The highest BCUT2D eigenvalue weighted by Crippen LogP contribution is 2.22. The molecule has 26 heavy (non-hydrogen) atoms. The number of ether oxygens (including phenoxy) is 1. The fraction of sp³-hybridized carbons (Fsp3) is 0.421. The lowest BCUT2D eigenvalue weighted by molar-refractivity contribution is 0.0518. The van der Waals surface area contributed by atoms with Gasteiger partial charge in [-0.3, -0.25) is 9.59 Å². The first-order valence-electron chi connectivity index (χ1n) is 8.58. The summed E-state index contributed by atoms with van der Waals surface area (Å²) in [4.78, 5) is 42.0. The van der Waals surface area contributed by atoms with Crippen LogP contribution in [0.1, 0.15) is 63.4 Å². The third kappa shape index (κ3) is 3.56. The number of likely N-dealkylation sites (N-methyl/N-ethyl adjacent to an activating group) is 1. The Morgan fingerprint density at radius 1 is 1.27 bits per heavy atom. The smallest absolute Gasteiger partial charge is 0.355 e. The number of H-pyrrole nitrogens is 1. The van der Waals surface area contributed by atoms with Crippen molar-refractivity contribution in [1.82, 2.24) is 9.88 Å². The first-order chi connectivity index (χ1) is 12.3. The van der Waals surface area contributed by atoms with Crippen LogP contribution in [0.25, 0.3) is 0 Å². The van der Waals surface area contributed by atoms with Crippen molar-refractivity contribution in [2.24, 2.45) is 0 Å². The van der Waals surface area contributed by atoms with Crippen LogP contribution in [0.3, 0.4) is 0 Å². The summed E-state index contributed by atoms with van der Waals surface area (Å²) >= 11 is 0. The van der Waals surface area contributed by atoms with Gasteiger partial charge in [0.25, 0.3) is 5.91 Å². The number of hydrogen-bond acceptors (Lipinski definition) is 5. The van der Waals surface area contributed by atoms with Crippen molar-refractivity contribution in [1.29, 1.82) is 0 Å². The van der Waals surface area contributed by atoms with E-state index < -0.39 is 12.0 Å². The second kappa shape index (κ2) is 8.03. The number of ketones is 1. The van der Waals surface area contributed by atoms with Crippen LogP contribution in [0, 0.1) is 13.8 Å². The molecular weight excluding hydrogens is 336 g/mol. The zero-order valence-corrected chi connectivity index (χ0v) is 15.7. The molecule has 1 amide bonds. The molecule has 0 aliphatic carbocycles. The summed E-state index contributed by atoms with van der Waals surface area (Å²) in [6.45, 7) is 9.20. The van der Waals surface area contributed by atoms with Crippen LogP contribution < -0.4 is 0 Å². The summed E-state index contributed by atoms with van der Waals surface area (Å²) in [6, 6.07) is 2.48. The Hall–Kier alpha value is -2.83. The lowest BCUT2D eigenvalue weighted by Gasteiger charge is -2.26. The van der Waals surface area contributed by atoms with Crippen LogP contribution >= 0.6 is 0 Å². The third-order valence-electron chi connectivity index (χ3n) is 4.34. The molecule has 0 radical (unpaired) electrons. The van der Waals surface area contributed by atoms with Gasteiger partial charge in [-0.25, -0.2) is 4.79 Å². The molecule has 0 aliphatic rings. The monoisotopic (exact) mass is 360 g/mol. The minimum absolute atomic E-state index is 0.182. The van der Waals surface area contributed by atoms with Gasteiger partial charge in [-0.05, 0) is 52.3 Å². The summed E-state index contributed by atoms with van der Waals surface area (Å²) in [5, 5.41) is 0. The van der Waals surface area contributed by atoms with Crippen molar-refractivity contribution in [2.45, 2.75) is 40.7 Å². The van der Waals surface area contributed by atoms with Crippen molar-refractivity contribution >= 4 is 17.7 Å². The van der Waals surface area contributed by atoms with E-state index in [4.69, 9.17) is 9.15 Å². The molecule has 1 atom stereocenters. The molecule has 0 saturated heterocycles. The quantitative estimate of drug-likeness (QED) is 0.605. The van der Waals surface area contributed by atoms with Gasteiger partial charge in [-0.1, -0.05) is 0 Å². The van der Waals surface area contributed by atoms with E-state index in [9.17, 15) is 14.4 Å². The normalized spacial score (nSPS) is 11.9. The molecule has 1 N–H and O–H groups in total. The van der Waals surface area contributed by atoms with Gasteiger partial charge in [0.1, 0.15) is 5.69 Å². The maximum atomic E-state index is 13.1. The number of furan rings is 1. The Labute approximate surface area is 152 Å². The number of nitrogens with one attached hydrogen (secondary N) is 1. The molecule has 7 nitrogen and oxygen atoms in total. The molecule has 0 aromatic carbocycles. The number of aromatic nitrogens is 1. The van der Waals surface area contributed by atoms with Crippen molar-refractivity contribution in [3.05, 3.63) is 46.7 Å². The maximum Gasteiger partial charge on any atom is 0.355 e. The Bertz CT molecular complexity index is 804. The number of hydrogen-bond donors (Lipinski definition) is 1. The largest absolute Gasteiger partial charge is 0.461 e. The number of Topliss-reactive ketones (excluding diaryl/α,β-unsaturated/α-hetero) is 1. The Kier molecular flexibility index (Phi) is 6.02. The van der Waals surface area contributed by atoms with Gasteiger partial charge in [0, 0.05) is 17.8 Å². The van der Waals surface area contributed by atoms with E-state index in [1.54, 1.807) is 46.8 Å². The number of nitrogens with zero attached hydrogens (tertiary/aromatic N) is 1. The third-order valence-corrected chi connectivity index (χ3v) is 4.34. The molecule has 0 saturated carbocycles. The number of carbonyl (C=O) groups excluding carboxylic acids is 3. The molecule has 2 rings (SSSR count). The summed E-state index contributed by atoms with van der Waals surface area (Å²) < 4.78 is 10.2. The fourth-order valence-electron chi connectivity index (χ4n) is 3.01. The van der Waals surface area contributed by atoms with Crippen LogP contribution in [-0.2, 0) is 4.74 Å². The lowest BCUT2D eigenvalue weighted by Crippen LogP contribution is -2.43. The Morgan fingerprint density at radius 2 is 1.96 bits per heavy atom. The Balaban J connectivity index is 2.32. The molecule has 7 heteroatoms. The van der Waals surface area contributed by atoms with E-state index in [-0.39, 0.29) is 29.8 Å². The number of aromatic amines is 1. The van der Waals surface area contributed by atoms with Crippen molar-refractivity contribution in [2.75, 3.05) is 13.2 Å². The minimum Gasteiger partial charge on any atom is -0.461 e. The average Bonchev–Trinajstić information content (AvgIpc) is 3.23. The van der Waals surface area contributed by atoms with Gasteiger partial charge in [0.15, 0.2) is 11.5 Å². The van der Waals surface area contributed by atoms with Crippen LogP contribution in [0.4, 0.5) is 0 Å². The highest BCUT2D eigenvalue weighted by atomic mass is 16.5. The molecular formula is C19H24N2O5. The van der Waals surface area contributed by atoms with E-state index in [1.807, 2.05) is 0 Å². The summed E-state index contributed by atoms with van der Waals surface area (Å²) in [7, 11) is 0. The fourth-order valence-corrected chi connectivity index (χ4v) is 3.01. The zero-order chi connectivity index (χ0) is 19.4. The number of carbonyl (C=O) groups is 3. The van der Waals surface area contributed by atoms with Crippen LogP contribution in [0.5, 0.6) is 0 Å². The number of rotatable bonds is 7. The second-order valence-corrected chi connectivity index (χ2v) is 5.95. The number of aryl methyl sites for hydroxylation is 1. The van der Waals surface area contributed by atoms with Gasteiger partial charge in [-0.2, -0.15) is 0 Å². The second-order valence-electron chi connectivity index (χ2n) is 5.95. The predicted octanol–water partition coefficient (Wildman–Crippen LogP) is 3.13. The summed E-state index contributed by atoms with van der Waals surface area (Å²) in [6.07, 6.45) is 1.42.